The Balaban J connectivity index is 2.74. The molecule has 0 aliphatic rings. The van der Waals surface area contributed by atoms with Crippen LogP contribution in [0, 0.1) is 10.1 Å². The highest BCUT2D eigenvalue weighted by Crippen LogP contribution is 2.30. The van der Waals surface area contributed by atoms with Crippen LogP contribution < -0.4 is 10.6 Å². The first-order valence-corrected chi connectivity index (χ1v) is 5.95. The third-order valence-corrected chi connectivity index (χ3v) is 2.47. The Hall–Kier alpha value is -1.76. The molecule has 0 saturated carbocycles. The van der Waals surface area contributed by atoms with Crippen molar-refractivity contribution >= 4 is 11.4 Å². The van der Waals surface area contributed by atoms with Gasteiger partial charge in [-0.1, -0.05) is 13.8 Å². The fraction of sp³-hybridized carbons (Fsp3) is 0.500. The van der Waals surface area contributed by atoms with Gasteiger partial charge in [0.25, 0.3) is 12.1 Å². The molecule has 5 nitrogen and oxygen atoms in total. The molecular weight excluding hydrogens is 256 g/mol. The standard InChI is InChI=1S/C12H17F2N3O2/c1-8(2)15-5-6-16-11-4-3-9(17(18)19)7-10(11)12(13)14/h3-4,7-8,12,15-16H,5-6H2,1-2H3. The highest BCUT2D eigenvalue weighted by Gasteiger charge is 2.17. The zero-order valence-electron chi connectivity index (χ0n) is 10.8. The Morgan fingerprint density at radius 2 is 2.00 bits per heavy atom. The summed E-state index contributed by atoms with van der Waals surface area (Å²) >= 11 is 0. The molecule has 0 aliphatic carbocycles. The minimum absolute atomic E-state index is 0.228. The summed E-state index contributed by atoms with van der Waals surface area (Å²) in [4.78, 5) is 9.87. The minimum Gasteiger partial charge on any atom is -0.383 e. The van der Waals surface area contributed by atoms with Crippen molar-refractivity contribution in [2.24, 2.45) is 0 Å². The second-order valence-electron chi connectivity index (χ2n) is 4.36. The Morgan fingerprint density at radius 1 is 1.32 bits per heavy atom. The number of rotatable bonds is 7. The lowest BCUT2D eigenvalue weighted by Gasteiger charge is -2.13. The number of hydrogen-bond donors (Lipinski definition) is 2. The van der Waals surface area contributed by atoms with Gasteiger partial charge in [0.2, 0.25) is 0 Å². The molecule has 0 unspecified atom stereocenters. The summed E-state index contributed by atoms with van der Waals surface area (Å²) in [6, 6.07) is 3.75. The zero-order valence-corrected chi connectivity index (χ0v) is 10.8. The number of anilines is 1. The molecule has 0 bridgehead atoms. The van der Waals surface area contributed by atoms with Crippen LogP contribution in [0.25, 0.3) is 0 Å². The Kier molecular flexibility index (Phi) is 5.62. The van der Waals surface area contributed by atoms with E-state index in [2.05, 4.69) is 10.6 Å². The van der Waals surface area contributed by atoms with Crippen molar-refractivity contribution in [3.8, 4) is 0 Å². The second kappa shape index (κ2) is 6.98. The maximum Gasteiger partial charge on any atom is 0.270 e. The SMILES string of the molecule is CC(C)NCCNc1ccc([N+](=O)[O-])cc1C(F)F. The van der Waals surface area contributed by atoms with E-state index in [-0.39, 0.29) is 16.9 Å². The Labute approximate surface area is 110 Å². The van der Waals surface area contributed by atoms with E-state index >= 15 is 0 Å². The molecule has 0 saturated heterocycles. The lowest BCUT2D eigenvalue weighted by Crippen LogP contribution is -2.28. The van der Waals surface area contributed by atoms with Gasteiger partial charge >= 0.3 is 0 Å². The lowest BCUT2D eigenvalue weighted by atomic mass is 10.1. The predicted molar refractivity (Wildman–Crippen MR) is 69.7 cm³/mol. The summed E-state index contributed by atoms with van der Waals surface area (Å²) in [7, 11) is 0. The van der Waals surface area contributed by atoms with Crippen molar-refractivity contribution in [3.63, 3.8) is 0 Å². The van der Waals surface area contributed by atoms with Crippen LogP contribution in [-0.4, -0.2) is 24.1 Å². The Bertz CT molecular complexity index is 439. The second-order valence-corrected chi connectivity index (χ2v) is 4.36. The number of alkyl halides is 2. The van der Waals surface area contributed by atoms with Gasteiger partial charge in [0.05, 0.1) is 4.92 Å². The molecule has 1 aromatic carbocycles. The molecule has 0 aromatic heterocycles. The summed E-state index contributed by atoms with van der Waals surface area (Å²) in [5.74, 6) is 0. The highest BCUT2D eigenvalue weighted by atomic mass is 19.3. The highest BCUT2D eigenvalue weighted by molar-refractivity contribution is 5.56. The molecule has 1 aromatic rings. The van der Waals surface area contributed by atoms with Crippen LogP contribution >= 0.6 is 0 Å². The van der Waals surface area contributed by atoms with Crippen LogP contribution in [-0.2, 0) is 0 Å². The normalized spacial score (nSPS) is 11.1. The minimum atomic E-state index is -2.75. The largest absolute Gasteiger partial charge is 0.383 e. The van der Waals surface area contributed by atoms with Crippen molar-refractivity contribution in [3.05, 3.63) is 33.9 Å². The van der Waals surface area contributed by atoms with Crippen molar-refractivity contribution in [2.45, 2.75) is 26.3 Å². The van der Waals surface area contributed by atoms with E-state index in [1.54, 1.807) is 0 Å². The van der Waals surface area contributed by atoms with Crippen molar-refractivity contribution in [1.82, 2.24) is 5.32 Å². The van der Waals surface area contributed by atoms with Crippen molar-refractivity contribution < 1.29 is 13.7 Å². The van der Waals surface area contributed by atoms with E-state index in [0.717, 1.165) is 6.07 Å². The number of halogens is 2. The molecule has 7 heteroatoms. The average Bonchev–Trinajstić information content (AvgIpc) is 2.34. The number of nitrogens with one attached hydrogen (secondary N) is 2. The van der Waals surface area contributed by atoms with E-state index in [9.17, 15) is 18.9 Å². The number of non-ortho nitro benzene ring substituents is 1. The predicted octanol–water partition coefficient (Wildman–Crippen LogP) is 2.94. The lowest BCUT2D eigenvalue weighted by molar-refractivity contribution is -0.385. The van der Waals surface area contributed by atoms with Gasteiger partial charge in [-0.25, -0.2) is 8.78 Å². The summed E-state index contributed by atoms with van der Waals surface area (Å²) < 4.78 is 25.7. The number of nitro benzene ring substituents is 1. The van der Waals surface area contributed by atoms with E-state index < -0.39 is 11.3 Å². The fourth-order valence-corrected chi connectivity index (χ4v) is 1.56. The van der Waals surface area contributed by atoms with Crippen molar-refractivity contribution in [2.75, 3.05) is 18.4 Å². The maximum atomic E-state index is 12.8. The van der Waals surface area contributed by atoms with Crippen LogP contribution in [0.3, 0.4) is 0 Å². The van der Waals surface area contributed by atoms with Gasteiger partial charge in [-0.05, 0) is 6.07 Å². The molecule has 0 radical (unpaired) electrons. The molecule has 0 spiro atoms. The van der Waals surface area contributed by atoms with Crippen LogP contribution in [0.4, 0.5) is 20.2 Å². The van der Waals surface area contributed by atoms with Gasteiger partial charge < -0.3 is 10.6 Å². The van der Waals surface area contributed by atoms with Crippen LogP contribution in [0.15, 0.2) is 18.2 Å². The van der Waals surface area contributed by atoms with Crippen LogP contribution in [0.2, 0.25) is 0 Å². The molecule has 0 aliphatic heterocycles. The number of nitro groups is 1. The number of hydrogen-bond acceptors (Lipinski definition) is 4. The number of benzene rings is 1. The maximum absolute atomic E-state index is 12.8. The van der Waals surface area contributed by atoms with Crippen molar-refractivity contribution in [1.29, 1.82) is 0 Å². The van der Waals surface area contributed by atoms with Gasteiger partial charge in [0, 0.05) is 42.5 Å². The zero-order chi connectivity index (χ0) is 14.4. The van der Waals surface area contributed by atoms with Gasteiger partial charge in [0.1, 0.15) is 0 Å². The van der Waals surface area contributed by atoms with E-state index in [1.165, 1.54) is 12.1 Å². The molecule has 106 valence electrons. The first kappa shape index (κ1) is 15.3. The quantitative estimate of drug-likeness (QED) is 0.455. The van der Waals surface area contributed by atoms with Gasteiger partial charge in [0.15, 0.2) is 0 Å². The van der Waals surface area contributed by atoms with E-state index in [4.69, 9.17) is 0 Å². The first-order valence-electron chi connectivity index (χ1n) is 5.95. The molecule has 1 rings (SSSR count). The molecule has 19 heavy (non-hydrogen) atoms. The smallest absolute Gasteiger partial charge is 0.270 e. The summed E-state index contributed by atoms with van der Waals surface area (Å²) in [6.07, 6.45) is -2.75. The fourth-order valence-electron chi connectivity index (χ4n) is 1.56. The Morgan fingerprint density at radius 3 is 2.53 bits per heavy atom. The van der Waals surface area contributed by atoms with Gasteiger partial charge in [-0.3, -0.25) is 10.1 Å². The molecule has 0 amide bonds. The summed E-state index contributed by atoms with van der Waals surface area (Å²) in [5.41, 5.74) is -0.453. The summed E-state index contributed by atoms with van der Waals surface area (Å²) in [6.45, 7) is 5.06. The van der Waals surface area contributed by atoms with Crippen LogP contribution in [0.1, 0.15) is 25.8 Å². The molecule has 2 N–H and O–H groups in total. The number of nitrogens with zero attached hydrogens (tertiary/aromatic N) is 1. The average molecular weight is 273 g/mol. The van der Waals surface area contributed by atoms with Crippen LogP contribution in [0.5, 0.6) is 0 Å². The first-order chi connectivity index (χ1) is 8.91. The monoisotopic (exact) mass is 273 g/mol. The van der Waals surface area contributed by atoms with E-state index in [1.807, 2.05) is 13.8 Å². The van der Waals surface area contributed by atoms with Gasteiger partial charge in [-0.15, -0.1) is 0 Å². The molecular formula is C12H17F2N3O2. The third-order valence-electron chi connectivity index (χ3n) is 2.47. The molecule has 0 heterocycles. The molecule has 0 atom stereocenters. The topological polar surface area (TPSA) is 67.2 Å². The molecule has 0 fully saturated rings. The van der Waals surface area contributed by atoms with Gasteiger partial charge in [-0.2, -0.15) is 0 Å². The summed E-state index contributed by atoms with van der Waals surface area (Å²) in [5, 5.41) is 16.5. The van der Waals surface area contributed by atoms with E-state index in [0.29, 0.717) is 19.1 Å². The third kappa shape index (κ3) is 4.78.